The highest BCUT2D eigenvalue weighted by atomic mass is 32.1. The molecule has 0 spiro atoms. The van der Waals surface area contributed by atoms with Gasteiger partial charge in [-0.15, -0.1) is 0 Å². The van der Waals surface area contributed by atoms with E-state index in [0.29, 0.717) is 0 Å². The number of ether oxygens (including phenoxy) is 1. The van der Waals surface area contributed by atoms with Gasteiger partial charge in [-0.2, -0.15) is 12.6 Å². The van der Waals surface area contributed by atoms with Gasteiger partial charge in [0.25, 0.3) is 0 Å². The molecule has 0 N–H and O–H groups in total. The first kappa shape index (κ1) is 9.46. The quantitative estimate of drug-likeness (QED) is 0.702. The zero-order valence-electron chi connectivity index (χ0n) is 7.16. The fraction of sp³-hybridized carbons (Fsp3) is 0.300. The minimum atomic E-state index is 0.718. The minimum absolute atomic E-state index is 0.718. The molecule has 12 heavy (non-hydrogen) atoms. The third-order valence-corrected chi connectivity index (χ3v) is 1.70. The van der Waals surface area contributed by atoms with Crippen LogP contribution in [-0.2, 0) is 0 Å². The molecule has 0 aromatic heterocycles. The van der Waals surface area contributed by atoms with Crippen molar-refractivity contribution in [1.82, 2.24) is 0 Å². The zero-order valence-corrected chi connectivity index (χ0v) is 8.05. The standard InChI is InChI=1S/C10H13OS/c1-2-11-10-5-3-9(4-6-10)7-8-12/h3-7,12H,2,8H2,1H3. The monoisotopic (exact) mass is 181 g/mol. The molecule has 0 fully saturated rings. The molecule has 0 saturated carbocycles. The van der Waals surface area contributed by atoms with E-state index in [-0.39, 0.29) is 0 Å². The second-order valence-corrected chi connectivity index (χ2v) is 2.75. The van der Waals surface area contributed by atoms with Crippen LogP contribution in [0.4, 0.5) is 0 Å². The molecule has 0 saturated heterocycles. The van der Waals surface area contributed by atoms with Gasteiger partial charge in [0.15, 0.2) is 0 Å². The van der Waals surface area contributed by atoms with Crippen LogP contribution < -0.4 is 4.74 Å². The molecule has 1 aromatic rings. The number of hydrogen-bond acceptors (Lipinski definition) is 2. The predicted octanol–water partition coefficient (Wildman–Crippen LogP) is 2.57. The van der Waals surface area contributed by atoms with Gasteiger partial charge in [-0.25, -0.2) is 0 Å². The van der Waals surface area contributed by atoms with Gasteiger partial charge in [-0.05, 0) is 30.4 Å². The summed E-state index contributed by atoms with van der Waals surface area (Å²) in [6.45, 7) is 2.70. The first-order valence-corrected chi connectivity index (χ1v) is 4.67. The highest BCUT2D eigenvalue weighted by Gasteiger charge is 1.93. The fourth-order valence-corrected chi connectivity index (χ4v) is 1.18. The van der Waals surface area contributed by atoms with Crippen LogP contribution in [-0.4, -0.2) is 12.4 Å². The maximum absolute atomic E-state index is 5.31. The van der Waals surface area contributed by atoms with Crippen LogP contribution in [0.3, 0.4) is 0 Å². The largest absolute Gasteiger partial charge is 0.494 e. The van der Waals surface area contributed by atoms with Crippen LogP contribution in [0.1, 0.15) is 12.5 Å². The van der Waals surface area contributed by atoms with Gasteiger partial charge in [-0.3, -0.25) is 0 Å². The second kappa shape index (κ2) is 5.09. The summed E-state index contributed by atoms with van der Waals surface area (Å²) in [6, 6.07) is 8.00. The number of hydrogen-bond donors (Lipinski definition) is 1. The Hall–Kier alpha value is -0.630. The molecule has 0 atom stereocenters. The predicted molar refractivity (Wildman–Crippen MR) is 54.9 cm³/mol. The van der Waals surface area contributed by atoms with E-state index in [0.717, 1.165) is 18.1 Å². The topological polar surface area (TPSA) is 9.23 Å². The molecule has 0 aliphatic heterocycles. The van der Waals surface area contributed by atoms with Crippen molar-refractivity contribution in [3.8, 4) is 5.75 Å². The van der Waals surface area contributed by atoms with Crippen molar-refractivity contribution in [2.24, 2.45) is 0 Å². The molecule has 0 heterocycles. The normalized spacial score (nSPS) is 9.83. The lowest BCUT2D eigenvalue weighted by atomic mass is 10.2. The summed E-state index contributed by atoms with van der Waals surface area (Å²) in [6.07, 6.45) is 2.05. The molecule has 0 aliphatic carbocycles. The molecule has 1 rings (SSSR count). The third-order valence-electron chi connectivity index (χ3n) is 1.52. The Labute approximate surface area is 79.2 Å². The maximum Gasteiger partial charge on any atom is 0.119 e. The minimum Gasteiger partial charge on any atom is -0.494 e. The Morgan fingerprint density at radius 2 is 2.00 bits per heavy atom. The molecule has 1 nitrogen and oxygen atoms in total. The average molecular weight is 181 g/mol. The molecule has 0 bridgehead atoms. The van der Waals surface area contributed by atoms with E-state index in [9.17, 15) is 0 Å². The van der Waals surface area contributed by atoms with E-state index in [1.165, 1.54) is 5.56 Å². The van der Waals surface area contributed by atoms with E-state index >= 15 is 0 Å². The Balaban J connectivity index is 2.58. The number of benzene rings is 1. The molecule has 0 aliphatic rings. The van der Waals surface area contributed by atoms with Crippen molar-refractivity contribution in [1.29, 1.82) is 0 Å². The van der Waals surface area contributed by atoms with E-state index < -0.39 is 0 Å². The second-order valence-electron chi connectivity index (χ2n) is 2.39. The van der Waals surface area contributed by atoms with E-state index in [4.69, 9.17) is 4.74 Å². The lowest BCUT2D eigenvalue weighted by molar-refractivity contribution is 0.340. The van der Waals surface area contributed by atoms with E-state index in [1.54, 1.807) is 0 Å². The Bertz CT molecular complexity index is 193. The van der Waals surface area contributed by atoms with E-state index in [1.807, 2.05) is 31.2 Å². The fourth-order valence-electron chi connectivity index (χ4n) is 0.972. The summed E-state index contributed by atoms with van der Waals surface area (Å²) in [7, 11) is 0. The van der Waals surface area contributed by atoms with Crippen molar-refractivity contribution in [3.63, 3.8) is 0 Å². The number of thiol groups is 1. The van der Waals surface area contributed by atoms with Crippen LogP contribution in [0.5, 0.6) is 5.75 Å². The molecule has 1 aromatic carbocycles. The van der Waals surface area contributed by atoms with Crippen LogP contribution >= 0.6 is 12.6 Å². The summed E-state index contributed by atoms with van der Waals surface area (Å²) < 4.78 is 5.31. The van der Waals surface area contributed by atoms with Crippen molar-refractivity contribution >= 4 is 12.6 Å². The summed E-state index contributed by atoms with van der Waals surface area (Å²) in [4.78, 5) is 0. The van der Waals surface area contributed by atoms with Gasteiger partial charge >= 0.3 is 0 Å². The molecule has 0 amide bonds. The number of rotatable bonds is 4. The van der Waals surface area contributed by atoms with Crippen LogP contribution in [0.25, 0.3) is 0 Å². The van der Waals surface area contributed by atoms with Crippen molar-refractivity contribution in [2.45, 2.75) is 6.92 Å². The van der Waals surface area contributed by atoms with Crippen molar-refractivity contribution < 1.29 is 4.74 Å². The van der Waals surface area contributed by atoms with Gasteiger partial charge in [0, 0.05) is 6.42 Å². The first-order chi connectivity index (χ1) is 5.86. The van der Waals surface area contributed by atoms with Gasteiger partial charge in [0.2, 0.25) is 0 Å². The molecular formula is C10H13OS. The zero-order chi connectivity index (χ0) is 8.81. The summed E-state index contributed by atoms with van der Waals surface area (Å²) in [5.74, 6) is 1.70. The Kier molecular flexibility index (Phi) is 4.01. The summed E-state index contributed by atoms with van der Waals surface area (Å²) in [5.41, 5.74) is 1.19. The molecule has 2 heteroatoms. The van der Waals surface area contributed by atoms with Gasteiger partial charge in [0.05, 0.1) is 6.61 Å². The smallest absolute Gasteiger partial charge is 0.119 e. The lowest BCUT2D eigenvalue weighted by Crippen LogP contribution is -1.91. The van der Waals surface area contributed by atoms with Gasteiger partial charge < -0.3 is 4.74 Å². The third kappa shape index (κ3) is 2.78. The first-order valence-electron chi connectivity index (χ1n) is 4.03. The lowest BCUT2D eigenvalue weighted by Gasteiger charge is -2.03. The van der Waals surface area contributed by atoms with Crippen LogP contribution in [0.15, 0.2) is 24.3 Å². The summed E-state index contributed by atoms with van der Waals surface area (Å²) >= 11 is 4.11. The van der Waals surface area contributed by atoms with Crippen molar-refractivity contribution in [2.75, 3.05) is 12.4 Å². The SMILES string of the molecule is CCOc1ccc([CH]CS)cc1. The maximum atomic E-state index is 5.31. The van der Waals surface area contributed by atoms with Gasteiger partial charge in [0.1, 0.15) is 5.75 Å². The summed E-state index contributed by atoms with van der Waals surface area (Å²) in [5, 5.41) is 0. The molecule has 65 valence electrons. The van der Waals surface area contributed by atoms with Crippen LogP contribution in [0, 0.1) is 6.42 Å². The Morgan fingerprint density at radius 3 is 2.50 bits per heavy atom. The molecule has 0 unspecified atom stereocenters. The van der Waals surface area contributed by atoms with Crippen LogP contribution in [0.2, 0.25) is 0 Å². The highest BCUT2D eigenvalue weighted by Crippen LogP contribution is 2.13. The molecule has 1 radical (unpaired) electrons. The average Bonchev–Trinajstić information content (AvgIpc) is 2.09. The van der Waals surface area contributed by atoms with Crippen molar-refractivity contribution in [3.05, 3.63) is 36.2 Å². The highest BCUT2D eigenvalue weighted by molar-refractivity contribution is 7.80. The Morgan fingerprint density at radius 1 is 1.33 bits per heavy atom. The molecular weight excluding hydrogens is 168 g/mol. The van der Waals surface area contributed by atoms with E-state index in [2.05, 4.69) is 19.0 Å². The van der Waals surface area contributed by atoms with Gasteiger partial charge in [-0.1, -0.05) is 12.1 Å².